The van der Waals surface area contributed by atoms with E-state index in [2.05, 4.69) is 19.7 Å². The first-order valence-electron chi connectivity index (χ1n) is 3.42. The topological polar surface area (TPSA) is 9.23 Å². The first kappa shape index (κ1) is 10.5. The van der Waals surface area contributed by atoms with E-state index in [-0.39, 0.29) is 5.44 Å². The highest BCUT2D eigenvalue weighted by atomic mass is 32.2. The van der Waals surface area contributed by atoms with E-state index in [0.29, 0.717) is 6.61 Å². The number of hydrogen-bond acceptors (Lipinski definition) is 2. The first-order chi connectivity index (χ1) is 5.35. The highest BCUT2D eigenvalue weighted by molar-refractivity contribution is 8.00. The molecular formula is C9H14OS. The van der Waals surface area contributed by atoms with Crippen LogP contribution in [0.5, 0.6) is 0 Å². The predicted molar refractivity (Wildman–Crippen MR) is 52.8 cm³/mol. The van der Waals surface area contributed by atoms with Crippen molar-refractivity contribution in [2.24, 2.45) is 0 Å². The van der Waals surface area contributed by atoms with Crippen molar-refractivity contribution in [3.8, 4) is 0 Å². The van der Waals surface area contributed by atoms with Crippen molar-refractivity contribution >= 4 is 11.8 Å². The van der Waals surface area contributed by atoms with Crippen LogP contribution in [0.15, 0.2) is 38.0 Å². The van der Waals surface area contributed by atoms with Gasteiger partial charge in [0.1, 0.15) is 5.44 Å². The molecule has 11 heavy (non-hydrogen) atoms. The second kappa shape index (κ2) is 7.63. The van der Waals surface area contributed by atoms with Crippen LogP contribution in [0.25, 0.3) is 0 Å². The quantitative estimate of drug-likeness (QED) is 0.429. The van der Waals surface area contributed by atoms with Gasteiger partial charge >= 0.3 is 0 Å². The zero-order valence-corrected chi connectivity index (χ0v) is 7.48. The zero-order chi connectivity index (χ0) is 8.53. The van der Waals surface area contributed by atoms with Crippen LogP contribution in [0.4, 0.5) is 0 Å². The Labute approximate surface area is 72.8 Å². The van der Waals surface area contributed by atoms with Crippen LogP contribution >= 0.6 is 11.8 Å². The van der Waals surface area contributed by atoms with Gasteiger partial charge in [-0.25, -0.2) is 0 Å². The summed E-state index contributed by atoms with van der Waals surface area (Å²) in [4.78, 5) is 0. The summed E-state index contributed by atoms with van der Waals surface area (Å²) in [5, 5.41) is 0. The van der Waals surface area contributed by atoms with Crippen LogP contribution in [-0.2, 0) is 4.74 Å². The number of rotatable bonds is 7. The molecule has 0 aliphatic heterocycles. The molecule has 0 radical (unpaired) electrons. The lowest BCUT2D eigenvalue weighted by Gasteiger charge is -2.09. The van der Waals surface area contributed by atoms with Crippen molar-refractivity contribution < 1.29 is 4.74 Å². The Hall–Kier alpha value is -0.470. The molecule has 0 aromatic carbocycles. The minimum atomic E-state index is 0.0611. The van der Waals surface area contributed by atoms with Crippen LogP contribution < -0.4 is 0 Å². The zero-order valence-electron chi connectivity index (χ0n) is 6.66. The van der Waals surface area contributed by atoms with Gasteiger partial charge in [0.15, 0.2) is 0 Å². The molecule has 0 aromatic heterocycles. The number of hydrogen-bond donors (Lipinski definition) is 0. The fraction of sp³-hybridized carbons (Fsp3) is 0.333. The molecular weight excluding hydrogens is 156 g/mol. The van der Waals surface area contributed by atoms with E-state index in [1.165, 1.54) is 0 Å². The van der Waals surface area contributed by atoms with Crippen molar-refractivity contribution in [3.63, 3.8) is 0 Å². The smallest absolute Gasteiger partial charge is 0.121 e. The fourth-order valence-corrected chi connectivity index (χ4v) is 1.15. The Balaban J connectivity index is 3.47. The lowest BCUT2D eigenvalue weighted by molar-refractivity contribution is 0.170. The van der Waals surface area contributed by atoms with E-state index in [1.807, 2.05) is 6.08 Å². The summed E-state index contributed by atoms with van der Waals surface area (Å²) < 4.78 is 5.32. The summed E-state index contributed by atoms with van der Waals surface area (Å²) in [5.74, 6) is 0.883. The normalized spacial score (nSPS) is 12.0. The largest absolute Gasteiger partial charge is 0.359 e. The third-order valence-electron chi connectivity index (χ3n) is 0.949. The maximum Gasteiger partial charge on any atom is 0.121 e. The second-order valence-electron chi connectivity index (χ2n) is 1.85. The molecule has 0 heterocycles. The molecule has 1 atom stereocenters. The molecule has 0 N–H and O–H groups in total. The van der Waals surface area contributed by atoms with E-state index in [1.54, 1.807) is 23.9 Å². The number of ether oxygens (including phenoxy) is 1. The Kier molecular flexibility index (Phi) is 7.31. The maximum atomic E-state index is 5.32. The Morgan fingerprint density at radius 2 is 2.00 bits per heavy atom. The van der Waals surface area contributed by atoms with Gasteiger partial charge in [-0.15, -0.1) is 24.9 Å². The van der Waals surface area contributed by atoms with Crippen molar-refractivity contribution in [1.82, 2.24) is 0 Å². The van der Waals surface area contributed by atoms with E-state index < -0.39 is 0 Å². The Morgan fingerprint density at radius 3 is 2.45 bits per heavy atom. The van der Waals surface area contributed by atoms with Crippen LogP contribution in [-0.4, -0.2) is 17.8 Å². The van der Waals surface area contributed by atoms with E-state index in [4.69, 9.17) is 4.74 Å². The van der Waals surface area contributed by atoms with Crippen molar-refractivity contribution in [2.45, 2.75) is 5.44 Å². The highest BCUT2D eigenvalue weighted by Gasteiger charge is 2.00. The molecule has 0 aliphatic carbocycles. The molecule has 0 spiro atoms. The van der Waals surface area contributed by atoms with Gasteiger partial charge in [-0.05, 0) is 0 Å². The molecule has 2 heteroatoms. The summed E-state index contributed by atoms with van der Waals surface area (Å²) in [6.45, 7) is 11.4. The monoisotopic (exact) mass is 170 g/mol. The van der Waals surface area contributed by atoms with Gasteiger partial charge in [0.05, 0.1) is 6.61 Å². The average molecular weight is 170 g/mol. The van der Waals surface area contributed by atoms with Gasteiger partial charge in [-0.2, -0.15) is 0 Å². The van der Waals surface area contributed by atoms with Crippen LogP contribution in [0.2, 0.25) is 0 Å². The van der Waals surface area contributed by atoms with Gasteiger partial charge < -0.3 is 4.74 Å². The van der Waals surface area contributed by atoms with E-state index in [9.17, 15) is 0 Å². The first-order valence-corrected chi connectivity index (χ1v) is 4.47. The Morgan fingerprint density at radius 1 is 1.27 bits per heavy atom. The predicted octanol–water partition coefficient (Wildman–Crippen LogP) is 2.62. The minimum absolute atomic E-state index is 0.0611. The lowest BCUT2D eigenvalue weighted by Crippen LogP contribution is -2.04. The van der Waals surface area contributed by atoms with Gasteiger partial charge in [-0.1, -0.05) is 24.8 Å². The van der Waals surface area contributed by atoms with Crippen LogP contribution in [0.3, 0.4) is 0 Å². The molecule has 0 saturated carbocycles. The fourth-order valence-electron chi connectivity index (χ4n) is 0.510. The van der Waals surface area contributed by atoms with Crippen molar-refractivity contribution in [3.05, 3.63) is 38.0 Å². The average Bonchev–Trinajstić information content (AvgIpc) is 2.05. The van der Waals surface area contributed by atoms with Gasteiger partial charge in [0.25, 0.3) is 0 Å². The second-order valence-corrected chi connectivity index (χ2v) is 2.98. The molecule has 0 fully saturated rings. The third kappa shape index (κ3) is 5.95. The maximum absolute atomic E-state index is 5.32. The van der Waals surface area contributed by atoms with Crippen molar-refractivity contribution in [2.75, 3.05) is 12.4 Å². The molecule has 0 aliphatic rings. The Bertz CT molecular complexity index is 120. The van der Waals surface area contributed by atoms with E-state index in [0.717, 1.165) is 5.75 Å². The molecule has 0 amide bonds. The van der Waals surface area contributed by atoms with E-state index >= 15 is 0 Å². The lowest BCUT2D eigenvalue weighted by atomic mass is 10.6. The molecule has 0 rings (SSSR count). The minimum Gasteiger partial charge on any atom is -0.359 e. The highest BCUT2D eigenvalue weighted by Crippen LogP contribution is 2.12. The molecule has 0 aromatic rings. The molecule has 62 valence electrons. The molecule has 0 saturated heterocycles. The summed E-state index contributed by atoms with van der Waals surface area (Å²) in [6.07, 6.45) is 5.35. The molecule has 1 unspecified atom stereocenters. The van der Waals surface area contributed by atoms with Crippen LogP contribution in [0.1, 0.15) is 0 Å². The van der Waals surface area contributed by atoms with Crippen molar-refractivity contribution in [1.29, 1.82) is 0 Å². The number of thioether (sulfide) groups is 1. The molecule has 1 nitrogen and oxygen atoms in total. The summed E-state index contributed by atoms with van der Waals surface area (Å²) in [7, 11) is 0. The van der Waals surface area contributed by atoms with Gasteiger partial charge in [0, 0.05) is 5.75 Å². The van der Waals surface area contributed by atoms with Crippen LogP contribution in [0, 0.1) is 0 Å². The van der Waals surface area contributed by atoms with Gasteiger partial charge in [0.2, 0.25) is 0 Å². The summed E-state index contributed by atoms with van der Waals surface area (Å²) in [6, 6.07) is 0. The third-order valence-corrected chi connectivity index (χ3v) is 2.03. The standard InChI is InChI=1S/C9H14OS/c1-4-7-10-9(6-3)11-8-5-2/h4-6,9H,1-3,7-8H2. The SMILES string of the molecule is C=CCOC(C=C)SCC=C. The summed E-state index contributed by atoms with van der Waals surface area (Å²) in [5.41, 5.74) is 0.0611. The van der Waals surface area contributed by atoms with Gasteiger partial charge in [-0.3, -0.25) is 0 Å². The summed E-state index contributed by atoms with van der Waals surface area (Å²) >= 11 is 1.66. The molecule has 0 bridgehead atoms.